The van der Waals surface area contributed by atoms with Gasteiger partial charge in [-0.05, 0) is 124 Å². The molecule has 1 saturated carbocycles. The molecule has 3 heterocycles. The molecular weight excluding hydrogens is 678 g/mol. The Labute approximate surface area is 301 Å². The van der Waals surface area contributed by atoms with Crippen LogP contribution in [0.2, 0.25) is 0 Å². The number of carboxylic acids is 1. The molecule has 2 aliphatic heterocycles. The standard InChI is InChI=1S/C40H47F4N3O5/c1-24-17-25(2)37-28-19-29(26-10-11-26)38(41)30(20-28)32(22-36(49)50)45-39(51)33(9-5-3-4-8-16-52-34(37)18-24)47-23-27(12-15-46-13-6-7-14-46)31(21-35(47)48)40(42,43)44/h17-21,23,26,32-33H,3-16,22H2,1-2H3,(H,45,51)(H,49,50)/t32-,33-/m0/s1. The number of rotatable bonds is 7. The van der Waals surface area contributed by atoms with E-state index in [2.05, 4.69) is 10.2 Å². The van der Waals surface area contributed by atoms with Gasteiger partial charge in [0.25, 0.3) is 5.56 Å². The van der Waals surface area contributed by atoms with Crippen molar-refractivity contribution in [2.24, 2.45) is 0 Å². The van der Waals surface area contributed by atoms with Crippen molar-refractivity contribution < 1.29 is 37.0 Å². The zero-order valence-corrected chi connectivity index (χ0v) is 29.8. The maximum Gasteiger partial charge on any atom is 0.416 e. The van der Waals surface area contributed by atoms with Crippen molar-refractivity contribution in [1.82, 2.24) is 14.8 Å². The van der Waals surface area contributed by atoms with Crippen LogP contribution in [0.15, 0.2) is 41.3 Å². The summed E-state index contributed by atoms with van der Waals surface area (Å²) >= 11 is 0. The van der Waals surface area contributed by atoms with Crippen molar-refractivity contribution in [3.05, 3.63) is 86.1 Å². The largest absolute Gasteiger partial charge is 0.493 e. The smallest absolute Gasteiger partial charge is 0.416 e. The first-order chi connectivity index (χ1) is 24.8. The fraction of sp³-hybridized carbons (Fsp3) is 0.525. The van der Waals surface area contributed by atoms with E-state index in [0.717, 1.165) is 72.6 Å². The molecule has 0 unspecified atom stereocenters. The topological polar surface area (TPSA) is 101 Å². The number of aliphatic carboxylic acids is 1. The minimum absolute atomic E-state index is 0.00186. The molecule has 1 saturated heterocycles. The fourth-order valence-corrected chi connectivity index (χ4v) is 7.81. The molecule has 3 aliphatic rings. The minimum atomic E-state index is -4.77. The van der Waals surface area contributed by atoms with Gasteiger partial charge in [-0.3, -0.25) is 14.4 Å². The zero-order chi connectivity index (χ0) is 37.2. The summed E-state index contributed by atoms with van der Waals surface area (Å²) in [7, 11) is 0. The molecule has 6 rings (SSSR count). The number of fused-ring (bicyclic) bond motifs is 4. The first-order valence-corrected chi connectivity index (χ1v) is 18.4. The number of carboxylic acid groups (broad SMARTS) is 1. The quantitative estimate of drug-likeness (QED) is 0.240. The summed E-state index contributed by atoms with van der Waals surface area (Å²) in [6.45, 7) is 6.26. The van der Waals surface area contributed by atoms with Gasteiger partial charge in [0.1, 0.15) is 17.6 Å². The van der Waals surface area contributed by atoms with Gasteiger partial charge in [-0.25, -0.2) is 4.39 Å². The molecule has 2 aromatic carbocycles. The summed E-state index contributed by atoms with van der Waals surface area (Å²) < 4.78 is 66.5. The Morgan fingerprint density at radius 2 is 1.65 bits per heavy atom. The number of hydrogen-bond donors (Lipinski definition) is 2. The second-order valence-electron chi connectivity index (χ2n) is 14.7. The second-order valence-corrected chi connectivity index (χ2v) is 14.7. The molecular formula is C40H47F4N3O5. The van der Waals surface area contributed by atoms with E-state index in [-0.39, 0.29) is 29.9 Å². The van der Waals surface area contributed by atoms with Crippen LogP contribution in [0.3, 0.4) is 0 Å². The van der Waals surface area contributed by atoms with E-state index >= 15 is 4.39 Å². The number of likely N-dealkylation sites (tertiary alicyclic amines) is 1. The lowest BCUT2D eigenvalue weighted by Crippen LogP contribution is -2.40. The Hall–Kier alpha value is -4.19. The van der Waals surface area contributed by atoms with Gasteiger partial charge >= 0.3 is 12.1 Å². The molecule has 2 bridgehead atoms. The normalized spacial score (nSPS) is 20.6. The number of aryl methyl sites for hydroxylation is 2. The molecule has 2 atom stereocenters. The Morgan fingerprint density at radius 3 is 2.35 bits per heavy atom. The van der Waals surface area contributed by atoms with E-state index in [1.54, 1.807) is 12.1 Å². The van der Waals surface area contributed by atoms with Crippen molar-refractivity contribution in [3.8, 4) is 16.9 Å². The van der Waals surface area contributed by atoms with Crippen LogP contribution < -0.4 is 15.6 Å². The Balaban J connectivity index is 1.44. The minimum Gasteiger partial charge on any atom is -0.493 e. The molecule has 1 aromatic heterocycles. The van der Waals surface area contributed by atoms with E-state index in [0.29, 0.717) is 55.4 Å². The van der Waals surface area contributed by atoms with E-state index in [1.807, 2.05) is 26.0 Å². The van der Waals surface area contributed by atoms with Crippen molar-refractivity contribution in [3.63, 3.8) is 0 Å². The predicted molar refractivity (Wildman–Crippen MR) is 189 cm³/mol. The highest BCUT2D eigenvalue weighted by Gasteiger charge is 2.37. The molecule has 1 aliphatic carbocycles. The number of pyridine rings is 1. The average Bonchev–Trinajstić information content (AvgIpc) is 3.78. The number of amides is 1. The summed E-state index contributed by atoms with van der Waals surface area (Å²) in [6, 6.07) is 5.29. The van der Waals surface area contributed by atoms with Crippen LogP contribution in [0.5, 0.6) is 5.75 Å². The monoisotopic (exact) mass is 725 g/mol. The predicted octanol–water partition coefficient (Wildman–Crippen LogP) is 8.02. The number of carbonyl (C=O) groups is 2. The molecule has 3 aromatic rings. The highest BCUT2D eigenvalue weighted by Crippen LogP contribution is 2.46. The Kier molecular flexibility index (Phi) is 11.4. The van der Waals surface area contributed by atoms with Gasteiger partial charge < -0.3 is 24.6 Å². The molecule has 0 radical (unpaired) electrons. The van der Waals surface area contributed by atoms with Gasteiger partial charge in [-0.2, -0.15) is 13.2 Å². The molecule has 280 valence electrons. The lowest BCUT2D eigenvalue weighted by Gasteiger charge is -2.27. The lowest BCUT2D eigenvalue weighted by atomic mass is 9.90. The van der Waals surface area contributed by atoms with Gasteiger partial charge in [0.15, 0.2) is 0 Å². The zero-order valence-electron chi connectivity index (χ0n) is 29.8. The lowest BCUT2D eigenvalue weighted by molar-refractivity contribution is -0.139. The third kappa shape index (κ3) is 8.70. The third-order valence-corrected chi connectivity index (χ3v) is 10.6. The molecule has 2 fully saturated rings. The maximum absolute atomic E-state index is 16.5. The number of nitrogens with zero attached hydrogens (tertiary/aromatic N) is 2. The van der Waals surface area contributed by atoms with Gasteiger partial charge in [-0.15, -0.1) is 0 Å². The number of nitrogens with one attached hydrogen (secondary N) is 1. The molecule has 2 N–H and O–H groups in total. The Morgan fingerprint density at radius 1 is 0.942 bits per heavy atom. The number of ether oxygens (including phenoxy) is 1. The summed E-state index contributed by atoms with van der Waals surface area (Å²) in [5.74, 6) is -2.04. The van der Waals surface area contributed by atoms with Crippen LogP contribution in [-0.4, -0.2) is 52.7 Å². The molecule has 52 heavy (non-hydrogen) atoms. The van der Waals surface area contributed by atoms with Gasteiger partial charge in [0.05, 0.1) is 24.6 Å². The van der Waals surface area contributed by atoms with E-state index in [9.17, 15) is 32.7 Å². The van der Waals surface area contributed by atoms with Crippen molar-refractivity contribution in [2.75, 3.05) is 26.2 Å². The summed E-state index contributed by atoms with van der Waals surface area (Å²) in [4.78, 5) is 42.1. The number of halogens is 4. The first kappa shape index (κ1) is 37.6. The van der Waals surface area contributed by atoms with E-state index < -0.39 is 53.5 Å². The average molecular weight is 726 g/mol. The van der Waals surface area contributed by atoms with Gasteiger partial charge in [0.2, 0.25) is 5.91 Å². The van der Waals surface area contributed by atoms with Crippen molar-refractivity contribution >= 4 is 11.9 Å². The van der Waals surface area contributed by atoms with Crippen LogP contribution in [0.25, 0.3) is 11.1 Å². The van der Waals surface area contributed by atoms with E-state index in [1.165, 1.54) is 0 Å². The molecule has 8 nitrogen and oxygen atoms in total. The molecule has 1 amide bonds. The van der Waals surface area contributed by atoms with Gasteiger partial charge in [-0.1, -0.05) is 25.3 Å². The van der Waals surface area contributed by atoms with Crippen LogP contribution in [0.4, 0.5) is 17.6 Å². The van der Waals surface area contributed by atoms with Crippen molar-refractivity contribution in [2.45, 2.75) is 109 Å². The maximum atomic E-state index is 16.5. The summed E-state index contributed by atoms with van der Waals surface area (Å²) in [6.07, 6.45) is 1.91. The highest BCUT2D eigenvalue weighted by atomic mass is 19.4. The summed E-state index contributed by atoms with van der Waals surface area (Å²) in [5.41, 5.74) is 1.63. The number of benzene rings is 2. The third-order valence-electron chi connectivity index (χ3n) is 10.6. The number of hydrogen-bond acceptors (Lipinski definition) is 5. The summed E-state index contributed by atoms with van der Waals surface area (Å²) in [5, 5.41) is 12.7. The SMILES string of the molecule is Cc1cc(C)c2c(c1)OCCCCCC[C@H](n1cc(CCN3CCCC3)c(C(F)(F)F)cc1=O)C(=O)N[C@@H](CC(=O)O)c1cc-2cc(C2CC2)c1F. The van der Waals surface area contributed by atoms with Crippen molar-refractivity contribution in [1.29, 1.82) is 0 Å². The fourth-order valence-electron chi connectivity index (χ4n) is 7.81. The van der Waals surface area contributed by atoms with Crippen LogP contribution in [0.1, 0.15) is 116 Å². The van der Waals surface area contributed by atoms with Crippen LogP contribution in [0, 0.1) is 19.7 Å². The first-order valence-electron chi connectivity index (χ1n) is 18.4. The van der Waals surface area contributed by atoms with E-state index in [4.69, 9.17) is 4.74 Å². The van der Waals surface area contributed by atoms with Crippen LogP contribution in [-0.2, 0) is 22.2 Å². The van der Waals surface area contributed by atoms with Gasteiger partial charge in [0, 0.05) is 29.9 Å². The number of alkyl halides is 3. The molecule has 12 heteroatoms. The second kappa shape index (κ2) is 15.8. The highest BCUT2D eigenvalue weighted by molar-refractivity contribution is 5.82. The number of carbonyl (C=O) groups excluding carboxylic acids is 1. The Bertz CT molecular complexity index is 1860. The van der Waals surface area contributed by atoms with Crippen LogP contribution >= 0.6 is 0 Å². The molecule has 0 spiro atoms. The number of aromatic nitrogens is 1.